The van der Waals surface area contributed by atoms with Crippen LogP contribution in [0.25, 0.3) is 0 Å². The number of nitrogens with zero attached hydrogens (tertiary/aromatic N) is 4. The molecule has 0 aliphatic carbocycles. The molecule has 0 spiro atoms. The smallest absolute Gasteiger partial charge is 0.335 e. The number of hydrogen-bond acceptors (Lipinski definition) is 5. The zero-order chi connectivity index (χ0) is 15.1. The van der Waals surface area contributed by atoms with Crippen molar-refractivity contribution in [3.8, 4) is 6.07 Å². The van der Waals surface area contributed by atoms with E-state index in [-0.39, 0.29) is 0 Å². The lowest BCUT2D eigenvalue weighted by Gasteiger charge is -2.22. The number of carboxylic acid groups (broad SMARTS) is 1. The van der Waals surface area contributed by atoms with Crippen LogP contribution in [-0.2, 0) is 16.2 Å². The highest BCUT2D eigenvalue weighted by molar-refractivity contribution is 5.71. The van der Waals surface area contributed by atoms with Crippen LogP contribution in [0, 0.1) is 11.3 Å². The number of hydrogen-bond donors (Lipinski definition) is 1. The first-order valence-corrected chi connectivity index (χ1v) is 6.60. The molecule has 0 aliphatic rings. The Kier molecular flexibility index (Phi) is 6.00. The van der Waals surface area contributed by atoms with Crippen LogP contribution in [0.2, 0.25) is 0 Å². The van der Waals surface area contributed by atoms with Crippen molar-refractivity contribution in [2.45, 2.75) is 45.8 Å². The van der Waals surface area contributed by atoms with Crippen molar-refractivity contribution >= 4 is 11.8 Å². The summed E-state index contributed by atoms with van der Waals surface area (Å²) >= 11 is 0. The molecule has 1 aromatic heterocycles. The zero-order valence-electron chi connectivity index (χ0n) is 12.0. The fourth-order valence-corrected chi connectivity index (χ4v) is 1.80. The van der Waals surface area contributed by atoms with Crippen LogP contribution in [0.1, 0.15) is 38.7 Å². The quantitative estimate of drug-likeness (QED) is 0.576. The van der Waals surface area contributed by atoms with Crippen LogP contribution < -0.4 is 5.06 Å². The second-order valence-electron chi connectivity index (χ2n) is 4.51. The Morgan fingerprint density at radius 3 is 2.90 bits per heavy atom. The van der Waals surface area contributed by atoms with Crippen LogP contribution in [0.5, 0.6) is 0 Å². The second kappa shape index (κ2) is 7.50. The van der Waals surface area contributed by atoms with Gasteiger partial charge in [-0.3, -0.25) is 4.84 Å². The number of rotatable bonds is 8. The van der Waals surface area contributed by atoms with E-state index in [1.165, 1.54) is 18.2 Å². The SMILES string of the molecule is CCCCCn1ncc(C#N)c1N(C)OC(C)C(=O)O. The molecule has 0 saturated carbocycles. The predicted octanol–water partition coefficient (Wildman–Crippen LogP) is 1.79. The Hall–Kier alpha value is -2.07. The van der Waals surface area contributed by atoms with Crippen LogP contribution in [-0.4, -0.2) is 34.0 Å². The molecule has 1 N–H and O–H groups in total. The molecular formula is C13H20N4O3. The Labute approximate surface area is 118 Å². The largest absolute Gasteiger partial charge is 0.479 e. The van der Waals surface area contributed by atoms with Gasteiger partial charge in [0.05, 0.1) is 6.20 Å². The summed E-state index contributed by atoms with van der Waals surface area (Å²) in [5.74, 6) is -0.580. The van der Waals surface area contributed by atoms with Gasteiger partial charge in [0.1, 0.15) is 11.6 Å². The normalized spacial score (nSPS) is 11.9. The molecular weight excluding hydrogens is 260 g/mol. The van der Waals surface area contributed by atoms with Gasteiger partial charge in [0, 0.05) is 13.6 Å². The monoisotopic (exact) mass is 280 g/mol. The maximum atomic E-state index is 10.8. The van der Waals surface area contributed by atoms with Gasteiger partial charge in [0.2, 0.25) is 0 Å². The summed E-state index contributed by atoms with van der Waals surface area (Å²) in [6.07, 6.45) is 3.57. The highest BCUT2D eigenvalue weighted by Gasteiger charge is 2.20. The van der Waals surface area contributed by atoms with Gasteiger partial charge in [-0.25, -0.2) is 14.5 Å². The number of hydroxylamine groups is 1. The van der Waals surface area contributed by atoms with Gasteiger partial charge in [-0.1, -0.05) is 19.8 Å². The van der Waals surface area contributed by atoms with E-state index >= 15 is 0 Å². The lowest BCUT2D eigenvalue weighted by molar-refractivity contribution is -0.149. The highest BCUT2D eigenvalue weighted by atomic mass is 16.7. The van der Waals surface area contributed by atoms with Gasteiger partial charge >= 0.3 is 5.97 Å². The molecule has 0 aromatic carbocycles. The number of aryl methyl sites for hydroxylation is 1. The molecule has 0 radical (unpaired) electrons. The molecule has 0 amide bonds. The van der Waals surface area contributed by atoms with Crippen LogP contribution in [0.15, 0.2) is 6.20 Å². The predicted molar refractivity (Wildman–Crippen MR) is 73.1 cm³/mol. The van der Waals surface area contributed by atoms with E-state index in [0.29, 0.717) is 17.9 Å². The highest BCUT2D eigenvalue weighted by Crippen LogP contribution is 2.20. The fraction of sp³-hybridized carbons (Fsp3) is 0.615. The topological polar surface area (TPSA) is 91.4 Å². The first kappa shape index (κ1) is 16.0. The van der Waals surface area contributed by atoms with E-state index in [4.69, 9.17) is 15.2 Å². The van der Waals surface area contributed by atoms with Gasteiger partial charge in [-0.2, -0.15) is 10.4 Å². The Balaban J connectivity index is 2.87. The summed E-state index contributed by atoms with van der Waals surface area (Å²) in [6, 6.07) is 2.04. The molecule has 0 bridgehead atoms. The number of nitriles is 1. The maximum Gasteiger partial charge on any atom is 0.335 e. The number of aromatic nitrogens is 2. The summed E-state index contributed by atoms with van der Waals surface area (Å²) in [5, 5.41) is 23.4. The summed E-state index contributed by atoms with van der Waals surface area (Å²) in [7, 11) is 1.58. The fourth-order valence-electron chi connectivity index (χ4n) is 1.80. The van der Waals surface area contributed by atoms with Crippen molar-refractivity contribution in [3.63, 3.8) is 0 Å². The molecule has 1 heterocycles. The third-order valence-electron chi connectivity index (χ3n) is 2.87. The Bertz CT molecular complexity index is 492. The van der Waals surface area contributed by atoms with Crippen LogP contribution >= 0.6 is 0 Å². The molecule has 0 fully saturated rings. The molecule has 0 aliphatic heterocycles. The number of carboxylic acids is 1. The molecule has 1 atom stereocenters. The van der Waals surface area contributed by atoms with E-state index in [2.05, 4.69) is 12.0 Å². The van der Waals surface area contributed by atoms with Gasteiger partial charge in [-0.05, 0) is 13.3 Å². The number of anilines is 1. The lowest BCUT2D eigenvalue weighted by atomic mass is 10.2. The summed E-state index contributed by atoms with van der Waals surface area (Å²) < 4.78 is 1.67. The average Bonchev–Trinajstić information content (AvgIpc) is 2.81. The van der Waals surface area contributed by atoms with Crippen molar-refractivity contribution in [3.05, 3.63) is 11.8 Å². The average molecular weight is 280 g/mol. The lowest BCUT2D eigenvalue weighted by Crippen LogP contribution is -2.31. The van der Waals surface area contributed by atoms with E-state index in [1.54, 1.807) is 11.7 Å². The first-order chi connectivity index (χ1) is 9.51. The van der Waals surface area contributed by atoms with Crippen LogP contribution in [0.3, 0.4) is 0 Å². The standard InChI is InChI=1S/C13H20N4O3/c1-4-5-6-7-17-12(11(8-14)9-15-17)16(3)20-10(2)13(18)19/h9-10H,4-7H2,1-3H3,(H,18,19). The number of carbonyl (C=O) groups is 1. The molecule has 7 nitrogen and oxygen atoms in total. The number of aliphatic carboxylic acids is 1. The van der Waals surface area contributed by atoms with Gasteiger partial charge in [-0.15, -0.1) is 0 Å². The zero-order valence-corrected chi connectivity index (χ0v) is 12.0. The molecule has 20 heavy (non-hydrogen) atoms. The maximum absolute atomic E-state index is 10.8. The molecule has 1 aromatic rings. The first-order valence-electron chi connectivity index (χ1n) is 6.60. The molecule has 7 heteroatoms. The minimum absolute atomic E-state index is 0.363. The summed E-state index contributed by atoms with van der Waals surface area (Å²) in [6.45, 7) is 4.21. The van der Waals surface area contributed by atoms with Gasteiger partial charge in [0.15, 0.2) is 11.9 Å². The van der Waals surface area contributed by atoms with Gasteiger partial charge in [0.25, 0.3) is 0 Å². The molecule has 110 valence electrons. The van der Waals surface area contributed by atoms with Crippen LogP contribution in [0.4, 0.5) is 5.82 Å². The van der Waals surface area contributed by atoms with Crippen molar-refractivity contribution < 1.29 is 14.7 Å². The second-order valence-corrected chi connectivity index (χ2v) is 4.51. The van der Waals surface area contributed by atoms with E-state index in [9.17, 15) is 4.79 Å². The third kappa shape index (κ3) is 3.96. The van der Waals surface area contributed by atoms with E-state index in [0.717, 1.165) is 19.3 Å². The minimum Gasteiger partial charge on any atom is -0.479 e. The molecule has 1 rings (SSSR count). The van der Waals surface area contributed by atoms with Crippen molar-refractivity contribution in [2.24, 2.45) is 0 Å². The molecule has 0 saturated heterocycles. The van der Waals surface area contributed by atoms with Gasteiger partial charge < -0.3 is 5.11 Å². The number of unbranched alkanes of at least 4 members (excludes halogenated alkanes) is 2. The van der Waals surface area contributed by atoms with E-state index in [1.807, 2.05) is 6.07 Å². The summed E-state index contributed by atoms with van der Waals surface area (Å²) in [4.78, 5) is 16.1. The third-order valence-corrected chi connectivity index (χ3v) is 2.87. The molecule has 1 unspecified atom stereocenters. The van der Waals surface area contributed by atoms with Crippen molar-refractivity contribution in [1.29, 1.82) is 5.26 Å². The van der Waals surface area contributed by atoms with Crippen molar-refractivity contribution in [2.75, 3.05) is 12.1 Å². The summed E-state index contributed by atoms with van der Waals surface area (Å²) in [5.41, 5.74) is 0.363. The van der Waals surface area contributed by atoms with Crippen molar-refractivity contribution in [1.82, 2.24) is 9.78 Å². The Morgan fingerprint density at radius 2 is 2.35 bits per heavy atom. The minimum atomic E-state index is -1.06. The van der Waals surface area contributed by atoms with E-state index < -0.39 is 12.1 Å². The Morgan fingerprint density at radius 1 is 1.65 bits per heavy atom.